The molecule has 2 aliphatic rings. The first-order chi connectivity index (χ1) is 8.06. The molecule has 5 heteroatoms. The molecule has 1 spiro atoms. The Bertz CT molecular complexity index is 322. The van der Waals surface area contributed by atoms with E-state index in [4.69, 9.17) is 0 Å². The minimum atomic E-state index is 0.111. The fourth-order valence-corrected chi connectivity index (χ4v) is 2.65. The van der Waals surface area contributed by atoms with Gasteiger partial charge >= 0.3 is 6.03 Å². The van der Waals surface area contributed by atoms with Gasteiger partial charge < -0.3 is 15.1 Å². The number of urea groups is 1. The highest BCUT2D eigenvalue weighted by atomic mass is 16.2. The van der Waals surface area contributed by atoms with Gasteiger partial charge in [-0.2, -0.15) is 0 Å². The third-order valence-corrected chi connectivity index (χ3v) is 4.09. The first-order valence-corrected chi connectivity index (χ1v) is 6.33. The molecule has 2 saturated heterocycles. The number of likely N-dealkylation sites (tertiary alicyclic amines) is 1. The molecule has 5 nitrogen and oxygen atoms in total. The van der Waals surface area contributed by atoms with Gasteiger partial charge in [-0.3, -0.25) is 4.79 Å². The van der Waals surface area contributed by atoms with Crippen LogP contribution in [0.4, 0.5) is 4.79 Å². The quantitative estimate of drug-likeness (QED) is 0.731. The Hall–Kier alpha value is -1.26. The Morgan fingerprint density at radius 3 is 2.59 bits per heavy atom. The Morgan fingerprint density at radius 2 is 2.12 bits per heavy atom. The van der Waals surface area contributed by atoms with Crippen molar-refractivity contribution in [3.8, 4) is 0 Å². The van der Waals surface area contributed by atoms with Crippen molar-refractivity contribution in [2.75, 3.05) is 33.2 Å². The minimum absolute atomic E-state index is 0.111. The Balaban J connectivity index is 1.90. The number of rotatable bonds is 1. The van der Waals surface area contributed by atoms with E-state index >= 15 is 0 Å². The number of amides is 3. The molecule has 0 aromatic heterocycles. The van der Waals surface area contributed by atoms with Crippen LogP contribution in [0.1, 0.15) is 26.2 Å². The minimum Gasteiger partial charge on any atom is -0.356 e. The molecule has 0 unspecified atom stereocenters. The molecule has 2 rings (SSSR count). The molecular formula is C12H21N3O2. The van der Waals surface area contributed by atoms with Crippen molar-refractivity contribution in [1.82, 2.24) is 15.1 Å². The largest absolute Gasteiger partial charge is 0.356 e. The van der Waals surface area contributed by atoms with E-state index in [1.807, 2.05) is 18.9 Å². The van der Waals surface area contributed by atoms with Crippen LogP contribution in [0.5, 0.6) is 0 Å². The SMILES string of the molecule is CCN(C)C(=O)N1CCC2(CC1)CNC(=O)C2. The maximum Gasteiger partial charge on any atom is 0.319 e. The fraction of sp³-hybridized carbons (Fsp3) is 0.833. The summed E-state index contributed by atoms with van der Waals surface area (Å²) in [7, 11) is 1.83. The lowest BCUT2D eigenvalue weighted by Crippen LogP contribution is -2.48. The van der Waals surface area contributed by atoms with E-state index in [0.29, 0.717) is 6.42 Å². The summed E-state index contributed by atoms with van der Waals surface area (Å²) in [6.07, 6.45) is 2.52. The second-order valence-electron chi connectivity index (χ2n) is 5.24. The summed E-state index contributed by atoms with van der Waals surface area (Å²) >= 11 is 0. The van der Waals surface area contributed by atoms with Crippen molar-refractivity contribution in [1.29, 1.82) is 0 Å². The van der Waals surface area contributed by atoms with Crippen LogP contribution in [0.25, 0.3) is 0 Å². The average molecular weight is 239 g/mol. The van der Waals surface area contributed by atoms with Gasteiger partial charge in [0, 0.05) is 39.6 Å². The summed E-state index contributed by atoms with van der Waals surface area (Å²) in [4.78, 5) is 26.9. The summed E-state index contributed by atoms with van der Waals surface area (Å²) in [6, 6.07) is 0.111. The fourth-order valence-electron chi connectivity index (χ4n) is 2.65. The molecule has 0 aliphatic carbocycles. The van der Waals surface area contributed by atoms with Gasteiger partial charge in [0.05, 0.1) is 0 Å². The van der Waals surface area contributed by atoms with Gasteiger partial charge in [0.2, 0.25) is 5.91 Å². The Labute approximate surface area is 102 Å². The van der Waals surface area contributed by atoms with Crippen LogP contribution in [-0.4, -0.2) is 55.0 Å². The monoisotopic (exact) mass is 239 g/mol. The summed E-state index contributed by atoms with van der Waals surface area (Å²) in [5, 5.41) is 2.91. The van der Waals surface area contributed by atoms with Gasteiger partial charge in [0.1, 0.15) is 0 Å². The predicted octanol–water partition coefficient (Wildman–Crippen LogP) is 0.660. The predicted molar refractivity (Wildman–Crippen MR) is 64.6 cm³/mol. The molecule has 1 N–H and O–H groups in total. The topological polar surface area (TPSA) is 52.7 Å². The number of piperidine rings is 1. The van der Waals surface area contributed by atoms with E-state index in [-0.39, 0.29) is 17.4 Å². The first kappa shape index (κ1) is 12.2. The summed E-state index contributed by atoms with van der Waals surface area (Å²) in [5.41, 5.74) is 0.124. The van der Waals surface area contributed by atoms with Gasteiger partial charge in [-0.05, 0) is 25.2 Å². The van der Waals surface area contributed by atoms with E-state index in [9.17, 15) is 9.59 Å². The zero-order valence-electron chi connectivity index (χ0n) is 10.7. The molecule has 0 radical (unpaired) electrons. The summed E-state index contributed by atoms with van der Waals surface area (Å²) < 4.78 is 0. The molecule has 3 amide bonds. The van der Waals surface area contributed by atoms with Gasteiger partial charge in [-0.1, -0.05) is 0 Å². The van der Waals surface area contributed by atoms with E-state index in [0.717, 1.165) is 39.0 Å². The van der Waals surface area contributed by atoms with E-state index in [1.54, 1.807) is 4.90 Å². The molecule has 2 heterocycles. The van der Waals surface area contributed by atoms with E-state index in [1.165, 1.54) is 0 Å². The molecule has 2 aliphatic heterocycles. The standard InChI is InChI=1S/C12H21N3O2/c1-3-14(2)11(17)15-6-4-12(5-7-15)8-10(16)13-9-12/h3-9H2,1-2H3,(H,13,16). The third-order valence-electron chi connectivity index (χ3n) is 4.09. The van der Waals surface area contributed by atoms with Crippen LogP contribution < -0.4 is 5.32 Å². The van der Waals surface area contributed by atoms with Gasteiger partial charge in [-0.15, -0.1) is 0 Å². The third kappa shape index (κ3) is 2.37. The Kier molecular flexibility index (Phi) is 3.26. The lowest BCUT2D eigenvalue weighted by Gasteiger charge is -2.39. The highest BCUT2D eigenvalue weighted by Crippen LogP contribution is 2.37. The maximum absolute atomic E-state index is 12.0. The molecule has 2 fully saturated rings. The lowest BCUT2D eigenvalue weighted by molar-refractivity contribution is -0.119. The van der Waals surface area contributed by atoms with Crippen LogP contribution in [0, 0.1) is 5.41 Å². The number of hydrogen-bond donors (Lipinski definition) is 1. The van der Waals surface area contributed by atoms with Crippen LogP contribution in [0.3, 0.4) is 0 Å². The van der Waals surface area contributed by atoms with Crippen molar-refractivity contribution < 1.29 is 9.59 Å². The van der Waals surface area contributed by atoms with Crippen molar-refractivity contribution >= 4 is 11.9 Å². The van der Waals surface area contributed by atoms with Crippen molar-refractivity contribution in [3.05, 3.63) is 0 Å². The maximum atomic E-state index is 12.0. The molecule has 0 aromatic rings. The second kappa shape index (κ2) is 4.55. The van der Waals surface area contributed by atoms with Gasteiger partial charge in [-0.25, -0.2) is 4.79 Å². The molecule has 96 valence electrons. The highest BCUT2D eigenvalue weighted by molar-refractivity contribution is 5.79. The number of hydrogen-bond acceptors (Lipinski definition) is 2. The molecular weight excluding hydrogens is 218 g/mol. The molecule has 17 heavy (non-hydrogen) atoms. The number of carbonyl (C=O) groups is 2. The van der Waals surface area contributed by atoms with E-state index < -0.39 is 0 Å². The smallest absolute Gasteiger partial charge is 0.319 e. The second-order valence-corrected chi connectivity index (χ2v) is 5.24. The zero-order valence-corrected chi connectivity index (χ0v) is 10.7. The normalized spacial score (nSPS) is 22.7. The first-order valence-electron chi connectivity index (χ1n) is 6.33. The van der Waals surface area contributed by atoms with Crippen LogP contribution in [-0.2, 0) is 4.79 Å². The van der Waals surface area contributed by atoms with Crippen LogP contribution in [0.2, 0.25) is 0 Å². The highest BCUT2D eigenvalue weighted by Gasteiger charge is 2.41. The van der Waals surface area contributed by atoms with Crippen LogP contribution in [0.15, 0.2) is 0 Å². The average Bonchev–Trinajstić information content (AvgIpc) is 2.70. The van der Waals surface area contributed by atoms with Crippen molar-refractivity contribution in [2.24, 2.45) is 5.41 Å². The summed E-state index contributed by atoms with van der Waals surface area (Å²) in [5.74, 6) is 0.162. The zero-order chi connectivity index (χ0) is 12.5. The van der Waals surface area contributed by atoms with Gasteiger partial charge in [0.15, 0.2) is 0 Å². The van der Waals surface area contributed by atoms with Gasteiger partial charge in [0.25, 0.3) is 0 Å². The van der Waals surface area contributed by atoms with Crippen molar-refractivity contribution in [3.63, 3.8) is 0 Å². The number of carbonyl (C=O) groups excluding carboxylic acids is 2. The van der Waals surface area contributed by atoms with E-state index in [2.05, 4.69) is 5.32 Å². The van der Waals surface area contributed by atoms with Crippen molar-refractivity contribution in [2.45, 2.75) is 26.2 Å². The number of nitrogens with zero attached hydrogens (tertiary/aromatic N) is 2. The lowest BCUT2D eigenvalue weighted by atomic mass is 9.78. The molecule has 0 atom stereocenters. The Morgan fingerprint density at radius 1 is 1.47 bits per heavy atom. The molecule has 0 aromatic carbocycles. The number of nitrogens with one attached hydrogen (secondary N) is 1. The molecule has 0 saturated carbocycles. The summed E-state index contributed by atoms with van der Waals surface area (Å²) in [6.45, 7) is 5.05. The molecule has 0 bridgehead atoms. The van der Waals surface area contributed by atoms with Crippen LogP contribution >= 0.6 is 0 Å².